The van der Waals surface area contributed by atoms with Crippen molar-refractivity contribution in [1.29, 1.82) is 0 Å². The summed E-state index contributed by atoms with van der Waals surface area (Å²) in [6.45, 7) is 2.77. The second-order valence-corrected chi connectivity index (χ2v) is 3.53. The highest BCUT2D eigenvalue weighted by Gasteiger charge is 2.09. The molecule has 0 unspecified atom stereocenters. The number of imidazole rings is 1. The fourth-order valence-corrected chi connectivity index (χ4v) is 1.36. The minimum atomic E-state index is 0.575. The summed E-state index contributed by atoms with van der Waals surface area (Å²) in [5.41, 5.74) is 4.55. The highest BCUT2D eigenvalue weighted by atomic mass is 15.5. The predicted octanol–water partition coefficient (Wildman–Crippen LogP) is 0.673. The molecule has 2 heterocycles. The molecule has 0 aliphatic heterocycles. The number of nitrogens with zero attached hydrogens (tertiary/aromatic N) is 4. The van der Waals surface area contributed by atoms with Crippen molar-refractivity contribution in [3.63, 3.8) is 0 Å². The van der Waals surface area contributed by atoms with E-state index in [9.17, 15) is 0 Å². The van der Waals surface area contributed by atoms with E-state index in [0.717, 1.165) is 12.1 Å². The summed E-state index contributed by atoms with van der Waals surface area (Å²) in [5.74, 6) is 1.29. The van der Waals surface area contributed by atoms with E-state index in [0.29, 0.717) is 17.4 Å². The monoisotopic (exact) mass is 221 g/mol. The van der Waals surface area contributed by atoms with Crippen molar-refractivity contribution in [3.8, 4) is 0 Å². The lowest BCUT2D eigenvalue weighted by Crippen LogP contribution is -2.21. The van der Waals surface area contributed by atoms with Crippen LogP contribution in [0.3, 0.4) is 0 Å². The average Bonchev–Trinajstić information content (AvgIpc) is 2.65. The van der Waals surface area contributed by atoms with Crippen molar-refractivity contribution >= 4 is 22.9 Å². The Bertz CT molecular complexity index is 476. The van der Waals surface area contributed by atoms with E-state index < -0.39 is 0 Å². The summed E-state index contributed by atoms with van der Waals surface area (Å²) in [7, 11) is 3.80. The molecule has 0 saturated carbocycles. The molecule has 2 rings (SSSR count). The first-order valence-electron chi connectivity index (χ1n) is 5.09. The molecule has 0 saturated heterocycles. The van der Waals surface area contributed by atoms with Gasteiger partial charge in [0.2, 0.25) is 5.95 Å². The molecular formula is C9H15N7. The van der Waals surface area contributed by atoms with E-state index in [2.05, 4.69) is 30.7 Å². The molecule has 16 heavy (non-hydrogen) atoms. The zero-order valence-electron chi connectivity index (χ0n) is 9.57. The van der Waals surface area contributed by atoms with Crippen molar-refractivity contribution in [3.05, 3.63) is 6.33 Å². The number of H-pyrrole nitrogens is 1. The number of aromatic nitrogens is 4. The van der Waals surface area contributed by atoms with Crippen LogP contribution in [0.4, 0.5) is 11.8 Å². The van der Waals surface area contributed by atoms with Crippen molar-refractivity contribution in [1.82, 2.24) is 24.9 Å². The molecule has 2 aromatic heterocycles. The van der Waals surface area contributed by atoms with Gasteiger partial charge in [-0.2, -0.15) is 9.97 Å². The molecule has 3 N–H and O–H groups in total. The van der Waals surface area contributed by atoms with Crippen LogP contribution in [0.15, 0.2) is 6.33 Å². The minimum absolute atomic E-state index is 0.575. The molecule has 0 atom stereocenters. The standard InChI is InChI=1S/C9H15N7/c1-4-10-9-13-7-6(11-5-12-7)8(14-9)15-16(2)3/h5H,4H2,1-3H3,(H3,10,11,12,13,14,15). The smallest absolute Gasteiger partial charge is 0.226 e. The zero-order valence-corrected chi connectivity index (χ0v) is 9.57. The number of nitrogens with one attached hydrogen (secondary N) is 3. The molecule has 7 nitrogen and oxygen atoms in total. The number of aromatic amines is 1. The maximum Gasteiger partial charge on any atom is 0.226 e. The summed E-state index contributed by atoms with van der Waals surface area (Å²) in [6, 6.07) is 0. The van der Waals surface area contributed by atoms with Crippen molar-refractivity contribution in [2.45, 2.75) is 6.92 Å². The van der Waals surface area contributed by atoms with Gasteiger partial charge < -0.3 is 15.7 Å². The Morgan fingerprint density at radius 2 is 2.19 bits per heavy atom. The van der Waals surface area contributed by atoms with E-state index in [-0.39, 0.29) is 0 Å². The van der Waals surface area contributed by atoms with Crippen LogP contribution in [0.5, 0.6) is 0 Å². The van der Waals surface area contributed by atoms with Crippen LogP contribution in [-0.2, 0) is 0 Å². The first-order valence-corrected chi connectivity index (χ1v) is 5.09. The molecule has 0 fully saturated rings. The van der Waals surface area contributed by atoms with Crippen LogP contribution in [0.2, 0.25) is 0 Å². The lowest BCUT2D eigenvalue weighted by molar-refractivity contribution is 0.493. The molecule has 2 aromatic rings. The fraction of sp³-hybridized carbons (Fsp3) is 0.444. The zero-order chi connectivity index (χ0) is 11.5. The first kappa shape index (κ1) is 10.6. The second kappa shape index (κ2) is 4.31. The van der Waals surface area contributed by atoms with Gasteiger partial charge >= 0.3 is 0 Å². The molecule has 0 aliphatic carbocycles. The molecular weight excluding hydrogens is 206 g/mol. The highest BCUT2D eigenvalue weighted by molar-refractivity contribution is 5.83. The largest absolute Gasteiger partial charge is 0.354 e. The number of rotatable bonds is 4. The van der Waals surface area contributed by atoms with Gasteiger partial charge in [0, 0.05) is 20.6 Å². The summed E-state index contributed by atoms with van der Waals surface area (Å²) < 4.78 is 0. The van der Waals surface area contributed by atoms with Crippen LogP contribution < -0.4 is 10.7 Å². The minimum Gasteiger partial charge on any atom is -0.354 e. The summed E-state index contributed by atoms with van der Waals surface area (Å²) >= 11 is 0. The Morgan fingerprint density at radius 3 is 2.88 bits per heavy atom. The third kappa shape index (κ3) is 2.03. The average molecular weight is 221 g/mol. The quantitative estimate of drug-likeness (QED) is 0.658. The van der Waals surface area contributed by atoms with E-state index in [1.807, 2.05) is 26.0 Å². The maximum absolute atomic E-state index is 4.36. The lowest BCUT2D eigenvalue weighted by Gasteiger charge is -2.13. The topological polar surface area (TPSA) is 81.8 Å². The summed E-state index contributed by atoms with van der Waals surface area (Å²) in [5, 5.41) is 4.89. The van der Waals surface area contributed by atoms with Gasteiger partial charge in [-0.25, -0.2) is 9.99 Å². The lowest BCUT2D eigenvalue weighted by atomic mass is 10.5. The Hall–Kier alpha value is -1.89. The molecule has 0 bridgehead atoms. The van der Waals surface area contributed by atoms with Crippen LogP contribution in [-0.4, -0.2) is 45.6 Å². The number of hydrazine groups is 1. The number of hydrogen-bond donors (Lipinski definition) is 3. The van der Waals surface area contributed by atoms with Gasteiger partial charge in [0.15, 0.2) is 11.5 Å². The third-order valence-electron chi connectivity index (χ3n) is 1.95. The van der Waals surface area contributed by atoms with Gasteiger partial charge in [-0.05, 0) is 6.92 Å². The van der Waals surface area contributed by atoms with E-state index in [1.165, 1.54) is 0 Å². The van der Waals surface area contributed by atoms with Crippen molar-refractivity contribution in [2.24, 2.45) is 0 Å². The van der Waals surface area contributed by atoms with Gasteiger partial charge in [-0.1, -0.05) is 0 Å². The van der Waals surface area contributed by atoms with Gasteiger partial charge in [-0.3, -0.25) is 0 Å². The summed E-state index contributed by atoms with van der Waals surface area (Å²) in [4.78, 5) is 15.8. The second-order valence-electron chi connectivity index (χ2n) is 3.53. The SMILES string of the molecule is CCNc1nc(NN(C)C)c2[nH]cnc2n1. The predicted molar refractivity (Wildman–Crippen MR) is 63.2 cm³/mol. The molecule has 7 heteroatoms. The Morgan fingerprint density at radius 1 is 1.38 bits per heavy atom. The highest BCUT2D eigenvalue weighted by Crippen LogP contribution is 2.18. The Labute approximate surface area is 93.3 Å². The van der Waals surface area contributed by atoms with Crippen molar-refractivity contribution < 1.29 is 0 Å². The van der Waals surface area contributed by atoms with Gasteiger partial charge in [0.05, 0.1) is 6.33 Å². The van der Waals surface area contributed by atoms with E-state index >= 15 is 0 Å². The Kier molecular flexibility index (Phi) is 2.86. The normalized spacial score (nSPS) is 11.0. The molecule has 0 aliphatic rings. The molecule has 86 valence electrons. The van der Waals surface area contributed by atoms with Crippen LogP contribution in [0, 0.1) is 0 Å². The third-order valence-corrected chi connectivity index (χ3v) is 1.95. The van der Waals surface area contributed by atoms with Crippen molar-refractivity contribution in [2.75, 3.05) is 31.4 Å². The molecule has 0 radical (unpaired) electrons. The van der Waals surface area contributed by atoms with Crippen LogP contribution in [0.25, 0.3) is 11.2 Å². The molecule has 0 aromatic carbocycles. The molecule has 0 amide bonds. The van der Waals surface area contributed by atoms with Gasteiger partial charge in [0.1, 0.15) is 5.52 Å². The molecule has 0 spiro atoms. The van der Waals surface area contributed by atoms with E-state index in [4.69, 9.17) is 0 Å². The van der Waals surface area contributed by atoms with Crippen LogP contribution >= 0.6 is 0 Å². The number of fused-ring (bicyclic) bond motifs is 1. The Balaban J connectivity index is 2.46. The van der Waals surface area contributed by atoms with Crippen LogP contribution in [0.1, 0.15) is 6.92 Å². The van der Waals surface area contributed by atoms with Gasteiger partial charge in [-0.15, -0.1) is 0 Å². The first-order chi connectivity index (χ1) is 7.70. The van der Waals surface area contributed by atoms with E-state index in [1.54, 1.807) is 6.33 Å². The number of hydrogen-bond acceptors (Lipinski definition) is 6. The summed E-state index contributed by atoms with van der Waals surface area (Å²) in [6.07, 6.45) is 1.61. The fourth-order valence-electron chi connectivity index (χ4n) is 1.36. The number of anilines is 2. The maximum atomic E-state index is 4.36. The van der Waals surface area contributed by atoms with Gasteiger partial charge in [0.25, 0.3) is 0 Å².